The third kappa shape index (κ3) is 5.77. The van der Waals surface area contributed by atoms with Gasteiger partial charge in [-0.2, -0.15) is 0 Å². The summed E-state index contributed by atoms with van der Waals surface area (Å²) in [6.07, 6.45) is 5.62. The topological polar surface area (TPSA) is 47.7 Å². The van der Waals surface area contributed by atoms with Gasteiger partial charge in [0.15, 0.2) is 0 Å². The highest BCUT2D eigenvalue weighted by Crippen LogP contribution is 2.44. The summed E-state index contributed by atoms with van der Waals surface area (Å²) in [5.41, 5.74) is 14.5. The van der Waals surface area contributed by atoms with E-state index >= 15 is 0 Å². The standard InChI is InChI=1S/C34H44N2O2/c1-24-25(2)32-30(26(3)31(24)35)23-34(4,38-32)18-21-36-19-15-27(16-20-36)17-22-37-33(28-11-7-5-8-12-28)29-13-9-6-10-14-29/h5-14,27,33H,15-23,35H2,1-4H3. The van der Waals surface area contributed by atoms with E-state index in [-0.39, 0.29) is 11.7 Å². The van der Waals surface area contributed by atoms with Crippen LogP contribution in [0.3, 0.4) is 0 Å². The van der Waals surface area contributed by atoms with Crippen molar-refractivity contribution in [2.24, 2.45) is 5.92 Å². The van der Waals surface area contributed by atoms with E-state index in [0.29, 0.717) is 0 Å². The van der Waals surface area contributed by atoms with Crippen molar-refractivity contribution in [1.82, 2.24) is 4.90 Å². The smallest absolute Gasteiger partial charge is 0.127 e. The lowest BCUT2D eigenvalue weighted by atomic mass is 9.89. The molecule has 2 heterocycles. The summed E-state index contributed by atoms with van der Waals surface area (Å²) < 4.78 is 13.1. The van der Waals surface area contributed by atoms with Crippen molar-refractivity contribution in [2.75, 3.05) is 32.0 Å². The number of nitrogen functional groups attached to an aromatic ring is 1. The van der Waals surface area contributed by atoms with Crippen LogP contribution in [0.1, 0.15) is 72.1 Å². The summed E-state index contributed by atoms with van der Waals surface area (Å²) in [6.45, 7) is 12.9. The quantitative estimate of drug-likeness (QED) is 0.308. The summed E-state index contributed by atoms with van der Waals surface area (Å²) in [6, 6.07) is 21.2. The minimum absolute atomic E-state index is 0.000165. The fraction of sp³-hybridized carbons (Fsp3) is 0.471. The molecule has 0 radical (unpaired) electrons. The van der Waals surface area contributed by atoms with Crippen LogP contribution in [-0.2, 0) is 11.2 Å². The first-order valence-corrected chi connectivity index (χ1v) is 14.4. The van der Waals surface area contributed by atoms with Gasteiger partial charge in [-0.05, 0) is 100 Å². The molecule has 5 rings (SSSR count). The van der Waals surface area contributed by atoms with E-state index in [4.69, 9.17) is 15.2 Å². The Hall–Kier alpha value is -2.82. The highest BCUT2D eigenvalue weighted by molar-refractivity contribution is 5.66. The van der Waals surface area contributed by atoms with Crippen LogP contribution >= 0.6 is 0 Å². The molecule has 1 fully saturated rings. The lowest BCUT2D eigenvalue weighted by molar-refractivity contribution is 0.0542. The maximum Gasteiger partial charge on any atom is 0.127 e. The Balaban J connectivity index is 1.09. The van der Waals surface area contributed by atoms with Crippen molar-refractivity contribution >= 4 is 5.69 Å². The SMILES string of the molecule is Cc1c(C)c2c(c(C)c1N)CC(C)(CCN1CCC(CCOC(c3ccccc3)c3ccccc3)CC1)O2. The van der Waals surface area contributed by atoms with Crippen LogP contribution in [0.5, 0.6) is 5.75 Å². The van der Waals surface area contributed by atoms with Crippen molar-refractivity contribution in [2.45, 2.75) is 71.5 Å². The zero-order valence-corrected chi connectivity index (χ0v) is 23.6. The van der Waals surface area contributed by atoms with Crippen LogP contribution in [0.2, 0.25) is 0 Å². The number of piperidine rings is 1. The highest BCUT2D eigenvalue weighted by Gasteiger charge is 2.38. The van der Waals surface area contributed by atoms with Gasteiger partial charge >= 0.3 is 0 Å². The molecule has 0 aromatic heterocycles. The fourth-order valence-corrected chi connectivity index (χ4v) is 6.25. The Morgan fingerprint density at radius 2 is 1.53 bits per heavy atom. The minimum atomic E-state index is -0.146. The number of ether oxygens (including phenoxy) is 2. The van der Waals surface area contributed by atoms with Gasteiger partial charge in [0, 0.05) is 30.8 Å². The molecule has 1 atom stereocenters. The van der Waals surface area contributed by atoms with Crippen molar-refractivity contribution in [3.63, 3.8) is 0 Å². The molecule has 0 saturated carbocycles. The molecule has 202 valence electrons. The molecule has 2 aliphatic rings. The lowest BCUT2D eigenvalue weighted by Crippen LogP contribution is -2.40. The van der Waals surface area contributed by atoms with Gasteiger partial charge in [0.05, 0.1) is 0 Å². The molecule has 4 nitrogen and oxygen atoms in total. The van der Waals surface area contributed by atoms with E-state index in [1.165, 1.54) is 53.7 Å². The molecule has 2 aliphatic heterocycles. The normalized spacial score (nSPS) is 20.0. The van der Waals surface area contributed by atoms with Crippen LogP contribution in [-0.4, -0.2) is 36.7 Å². The first-order chi connectivity index (χ1) is 18.3. The second-order valence-electron chi connectivity index (χ2n) is 11.7. The Bertz CT molecular complexity index is 1140. The monoisotopic (exact) mass is 512 g/mol. The number of nitrogens with zero attached hydrogens (tertiary/aromatic N) is 1. The van der Waals surface area contributed by atoms with Gasteiger partial charge in [-0.15, -0.1) is 0 Å². The third-order valence-electron chi connectivity index (χ3n) is 9.02. The maximum absolute atomic E-state index is 6.60. The van der Waals surface area contributed by atoms with Crippen molar-refractivity contribution in [3.8, 4) is 5.75 Å². The Kier molecular flexibility index (Phi) is 8.11. The molecule has 1 unspecified atom stereocenters. The molecule has 0 spiro atoms. The summed E-state index contributed by atoms with van der Waals surface area (Å²) in [5, 5.41) is 0. The van der Waals surface area contributed by atoms with Crippen LogP contribution in [0.25, 0.3) is 0 Å². The van der Waals surface area contributed by atoms with E-state index in [9.17, 15) is 0 Å². The molecule has 2 N–H and O–H groups in total. The highest BCUT2D eigenvalue weighted by atomic mass is 16.5. The fourth-order valence-electron chi connectivity index (χ4n) is 6.25. The molecule has 3 aromatic carbocycles. The van der Waals surface area contributed by atoms with Gasteiger partial charge in [-0.3, -0.25) is 0 Å². The predicted molar refractivity (Wildman–Crippen MR) is 157 cm³/mol. The van der Waals surface area contributed by atoms with E-state index in [1.54, 1.807) is 0 Å². The summed E-state index contributed by atoms with van der Waals surface area (Å²) in [5.74, 6) is 1.82. The van der Waals surface area contributed by atoms with Crippen LogP contribution in [0.4, 0.5) is 5.69 Å². The second kappa shape index (κ2) is 11.5. The summed E-state index contributed by atoms with van der Waals surface area (Å²) in [4.78, 5) is 2.63. The number of nitrogens with two attached hydrogens (primary N) is 1. The summed E-state index contributed by atoms with van der Waals surface area (Å²) in [7, 11) is 0. The van der Waals surface area contributed by atoms with Gasteiger partial charge in [0.2, 0.25) is 0 Å². The van der Waals surface area contributed by atoms with E-state index in [1.807, 2.05) is 0 Å². The van der Waals surface area contributed by atoms with Crippen LogP contribution < -0.4 is 10.5 Å². The molecule has 1 saturated heterocycles. The maximum atomic E-state index is 6.60. The van der Waals surface area contributed by atoms with Gasteiger partial charge in [-0.25, -0.2) is 0 Å². The molecule has 0 amide bonds. The largest absolute Gasteiger partial charge is 0.487 e. The van der Waals surface area contributed by atoms with E-state index in [0.717, 1.165) is 55.3 Å². The van der Waals surface area contributed by atoms with Gasteiger partial charge in [-0.1, -0.05) is 60.7 Å². The van der Waals surface area contributed by atoms with Crippen LogP contribution in [0.15, 0.2) is 60.7 Å². The van der Waals surface area contributed by atoms with Gasteiger partial charge in [0.1, 0.15) is 17.5 Å². The molecule has 0 aliphatic carbocycles. The molecular formula is C34H44N2O2. The minimum Gasteiger partial charge on any atom is -0.487 e. The zero-order chi connectivity index (χ0) is 26.7. The van der Waals surface area contributed by atoms with Crippen molar-refractivity contribution in [1.29, 1.82) is 0 Å². The Labute approximate surface area is 229 Å². The third-order valence-corrected chi connectivity index (χ3v) is 9.02. The lowest BCUT2D eigenvalue weighted by Gasteiger charge is -2.34. The number of rotatable bonds is 9. The van der Waals surface area contributed by atoms with Crippen LogP contribution in [0, 0.1) is 26.7 Å². The first kappa shape index (κ1) is 26.8. The number of hydrogen-bond acceptors (Lipinski definition) is 4. The van der Waals surface area contributed by atoms with Gasteiger partial charge in [0.25, 0.3) is 0 Å². The van der Waals surface area contributed by atoms with Crippen molar-refractivity contribution in [3.05, 3.63) is 94.0 Å². The van der Waals surface area contributed by atoms with Gasteiger partial charge < -0.3 is 20.1 Å². The molecule has 4 heteroatoms. The Morgan fingerprint density at radius 3 is 2.13 bits per heavy atom. The number of likely N-dealkylation sites (tertiary alicyclic amines) is 1. The van der Waals surface area contributed by atoms with E-state index in [2.05, 4.69) is 93.3 Å². The number of fused-ring (bicyclic) bond motifs is 1. The molecule has 0 bridgehead atoms. The summed E-state index contributed by atoms with van der Waals surface area (Å²) >= 11 is 0. The predicted octanol–water partition coefficient (Wildman–Crippen LogP) is 7.19. The average molecular weight is 513 g/mol. The van der Waals surface area contributed by atoms with Crippen molar-refractivity contribution < 1.29 is 9.47 Å². The average Bonchev–Trinajstić information content (AvgIpc) is 3.31. The Morgan fingerprint density at radius 1 is 0.921 bits per heavy atom. The molecular weight excluding hydrogens is 468 g/mol. The number of hydrogen-bond donors (Lipinski definition) is 1. The van der Waals surface area contributed by atoms with E-state index < -0.39 is 0 Å². The molecule has 3 aromatic rings. The number of anilines is 1. The first-order valence-electron chi connectivity index (χ1n) is 14.4. The zero-order valence-electron chi connectivity index (χ0n) is 23.6. The second-order valence-corrected chi connectivity index (χ2v) is 11.7. The molecule has 38 heavy (non-hydrogen) atoms. The number of benzene rings is 3.